The maximum Gasteiger partial charge on any atom is 0.311 e. The van der Waals surface area contributed by atoms with Gasteiger partial charge in [-0.2, -0.15) is 0 Å². The summed E-state index contributed by atoms with van der Waals surface area (Å²) >= 11 is 3.32. The maximum absolute atomic E-state index is 10.9. The van der Waals surface area contributed by atoms with Gasteiger partial charge in [-0.3, -0.25) is 10.1 Å². The van der Waals surface area contributed by atoms with Gasteiger partial charge in [-0.25, -0.2) is 4.98 Å². The third-order valence-corrected chi connectivity index (χ3v) is 3.13. The number of nitro groups is 1. The van der Waals surface area contributed by atoms with Gasteiger partial charge in [0.25, 0.3) is 0 Å². The first-order valence-corrected chi connectivity index (χ1v) is 6.66. The van der Waals surface area contributed by atoms with Gasteiger partial charge in [0.15, 0.2) is 0 Å². The number of aromatic nitrogens is 1. The number of halogens is 1. The second-order valence-electron chi connectivity index (χ2n) is 3.97. The zero-order valence-corrected chi connectivity index (χ0v) is 11.8. The lowest BCUT2D eigenvalue weighted by molar-refractivity contribution is -0.385. The zero-order chi connectivity index (χ0) is 13.8. The number of aryl methyl sites for hydroxylation is 1. The van der Waals surface area contributed by atoms with Crippen LogP contribution in [0.2, 0.25) is 0 Å². The summed E-state index contributed by atoms with van der Waals surface area (Å²) in [6, 6.07) is 8.25. The SMILES string of the molecule is Cc1ccc([N+](=O)[O-])c(Oc2ccc(CBr)cn2)c1. The number of ether oxygens (including phenoxy) is 1. The fraction of sp³-hybridized carbons (Fsp3) is 0.154. The average molecular weight is 323 g/mol. The molecule has 6 heteroatoms. The third-order valence-electron chi connectivity index (χ3n) is 2.48. The summed E-state index contributed by atoms with van der Waals surface area (Å²) in [5, 5.41) is 11.6. The molecule has 2 rings (SSSR count). The normalized spacial score (nSPS) is 10.2. The number of benzene rings is 1. The molecule has 0 unspecified atom stereocenters. The van der Waals surface area contributed by atoms with Crippen LogP contribution in [0.3, 0.4) is 0 Å². The molecule has 0 aliphatic carbocycles. The van der Waals surface area contributed by atoms with Gasteiger partial charge in [0.05, 0.1) is 4.92 Å². The first-order chi connectivity index (χ1) is 9.10. The Morgan fingerprint density at radius 3 is 2.74 bits per heavy atom. The molecule has 2 aromatic rings. The molecule has 1 aromatic heterocycles. The van der Waals surface area contributed by atoms with E-state index in [9.17, 15) is 10.1 Å². The van der Waals surface area contributed by atoms with E-state index in [-0.39, 0.29) is 11.4 Å². The van der Waals surface area contributed by atoms with E-state index < -0.39 is 4.92 Å². The number of hydrogen-bond acceptors (Lipinski definition) is 4. The van der Waals surface area contributed by atoms with E-state index in [2.05, 4.69) is 20.9 Å². The Morgan fingerprint density at radius 2 is 2.16 bits per heavy atom. The summed E-state index contributed by atoms with van der Waals surface area (Å²) in [6.45, 7) is 1.85. The lowest BCUT2D eigenvalue weighted by Crippen LogP contribution is -1.95. The molecule has 0 radical (unpaired) electrons. The van der Waals surface area contributed by atoms with Crippen LogP contribution in [-0.4, -0.2) is 9.91 Å². The largest absolute Gasteiger partial charge is 0.432 e. The van der Waals surface area contributed by atoms with Crippen molar-refractivity contribution in [3.05, 3.63) is 57.8 Å². The van der Waals surface area contributed by atoms with Crippen molar-refractivity contribution >= 4 is 21.6 Å². The first-order valence-electron chi connectivity index (χ1n) is 5.54. The minimum atomic E-state index is -0.471. The van der Waals surface area contributed by atoms with Crippen LogP contribution in [-0.2, 0) is 5.33 Å². The number of alkyl halides is 1. The van der Waals surface area contributed by atoms with E-state index >= 15 is 0 Å². The molecular weight excluding hydrogens is 312 g/mol. The van der Waals surface area contributed by atoms with Crippen molar-refractivity contribution in [3.8, 4) is 11.6 Å². The minimum Gasteiger partial charge on any atom is -0.432 e. The van der Waals surface area contributed by atoms with Crippen molar-refractivity contribution in [1.82, 2.24) is 4.98 Å². The van der Waals surface area contributed by atoms with Crippen LogP contribution < -0.4 is 4.74 Å². The second-order valence-corrected chi connectivity index (χ2v) is 4.53. The number of hydrogen-bond donors (Lipinski definition) is 0. The standard InChI is InChI=1S/C13H11BrN2O3/c1-9-2-4-11(16(17)18)12(6-9)19-13-5-3-10(7-14)8-15-13/h2-6,8H,7H2,1H3. The van der Waals surface area contributed by atoms with Crippen LogP contribution in [0.1, 0.15) is 11.1 Å². The summed E-state index contributed by atoms with van der Waals surface area (Å²) in [5.74, 6) is 0.530. The first kappa shape index (κ1) is 13.5. The van der Waals surface area contributed by atoms with Crippen LogP contribution >= 0.6 is 15.9 Å². The highest BCUT2D eigenvalue weighted by Crippen LogP contribution is 2.31. The highest BCUT2D eigenvalue weighted by Gasteiger charge is 2.16. The summed E-state index contributed by atoms with van der Waals surface area (Å²) in [7, 11) is 0. The Morgan fingerprint density at radius 1 is 1.37 bits per heavy atom. The number of pyridine rings is 1. The molecule has 0 aliphatic heterocycles. The van der Waals surface area contributed by atoms with Gasteiger partial charge in [0, 0.05) is 23.7 Å². The van der Waals surface area contributed by atoms with E-state index in [1.165, 1.54) is 6.07 Å². The lowest BCUT2D eigenvalue weighted by Gasteiger charge is -2.06. The van der Waals surface area contributed by atoms with Crippen LogP contribution in [0.4, 0.5) is 5.69 Å². The highest BCUT2D eigenvalue weighted by atomic mass is 79.9. The van der Waals surface area contributed by atoms with Gasteiger partial charge in [0.1, 0.15) is 0 Å². The molecule has 0 spiro atoms. The van der Waals surface area contributed by atoms with Gasteiger partial charge in [0.2, 0.25) is 11.6 Å². The molecular formula is C13H11BrN2O3. The average Bonchev–Trinajstić information content (AvgIpc) is 2.39. The minimum absolute atomic E-state index is 0.0723. The summed E-state index contributed by atoms with van der Waals surface area (Å²) < 4.78 is 5.48. The molecule has 0 N–H and O–H groups in total. The number of nitro benzene ring substituents is 1. The second kappa shape index (κ2) is 5.79. The third kappa shape index (κ3) is 3.29. The van der Waals surface area contributed by atoms with Gasteiger partial charge in [-0.15, -0.1) is 0 Å². The van der Waals surface area contributed by atoms with E-state index in [1.807, 2.05) is 13.0 Å². The fourth-order valence-corrected chi connectivity index (χ4v) is 1.85. The molecule has 0 saturated carbocycles. The molecule has 98 valence electrons. The summed E-state index contributed by atoms with van der Waals surface area (Å²) in [4.78, 5) is 14.6. The van der Waals surface area contributed by atoms with Crippen LogP contribution in [0.25, 0.3) is 0 Å². The summed E-state index contributed by atoms with van der Waals surface area (Å²) in [5.41, 5.74) is 1.82. The molecule has 1 heterocycles. The molecule has 1 aromatic carbocycles. The van der Waals surface area contributed by atoms with Gasteiger partial charge >= 0.3 is 5.69 Å². The Labute approximate surface area is 118 Å². The van der Waals surface area contributed by atoms with Gasteiger partial charge < -0.3 is 4.74 Å². The quantitative estimate of drug-likeness (QED) is 0.485. The van der Waals surface area contributed by atoms with Gasteiger partial charge in [-0.05, 0) is 24.1 Å². The van der Waals surface area contributed by atoms with Crippen LogP contribution in [0, 0.1) is 17.0 Å². The maximum atomic E-state index is 10.9. The van der Waals surface area contributed by atoms with Crippen LogP contribution in [0.5, 0.6) is 11.6 Å². The lowest BCUT2D eigenvalue weighted by atomic mass is 10.2. The molecule has 5 nitrogen and oxygen atoms in total. The van der Waals surface area contributed by atoms with Crippen molar-refractivity contribution in [2.75, 3.05) is 0 Å². The zero-order valence-electron chi connectivity index (χ0n) is 10.2. The Kier molecular flexibility index (Phi) is 4.11. The van der Waals surface area contributed by atoms with E-state index in [4.69, 9.17) is 4.74 Å². The monoisotopic (exact) mass is 322 g/mol. The van der Waals surface area contributed by atoms with Crippen molar-refractivity contribution in [1.29, 1.82) is 0 Å². The molecule has 0 amide bonds. The van der Waals surface area contributed by atoms with Crippen molar-refractivity contribution in [2.24, 2.45) is 0 Å². The van der Waals surface area contributed by atoms with E-state index in [0.29, 0.717) is 11.2 Å². The summed E-state index contributed by atoms with van der Waals surface area (Å²) in [6.07, 6.45) is 1.66. The number of rotatable bonds is 4. The molecule has 0 saturated heterocycles. The Balaban J connectivity index is 2.31. The molecule has 0 atom stereocenters. The van der Waals surface area contributed by atoms with Crippen molar-refractivity contribution in [3.63, 3.8) is 0 Å². The Bertz CT molecular complexity index is 599. The van der Waals surface area contributed by atoms with E-state index in [1.54, 1.807) is 24.4 Å². The predicted octanol–water partition coefficient (Wildman–Crippen LogP) is 3.99. The predicted molar refractivity (Wildman–Crippen MR) is 74.8 cm³/mol. The van der Waals surface area contributed by atoms with Crippen molar-refractivity contribution < 1.29 is 9.66 Å². The van der Waals surface area contributed by atoms with Gasteiger partial charge in [-0.1, -0.05) is 28.1 Å². The molecule has 0 bridgehead atoms. The Hall–Kier alpha value is -1.95. The van der Waals surface area contributed by atoms with Crippen molar-refractivity contribution in [2.45, 2.75) is 12.3 Å². The van der Waals surface area contributed by atoms with E-state index in [0.717, 1.165) is 11.1 Å². The number of nitrogens with zero attached hydrogens (tertiary/aromatic N) is 2. The molecule has 0 fully saturated rings. The molecule has 19 heavy (non-hydrogen) atoms. The van der Waals surface area contributed by atoms with Crippen LogP contribution in [0.15, 0.2) is 36.5 Å². The highest BCUT2D eigenvalue weighted by molar-refractivity contribution is 9.08. The smallest absolute Gasteiger partial charge is 0.311 e. The fourth-order valence-electron chi connectivity index (χ4n) is 1.52. The topological polar surface area (TPSA) is 65.3 Å². The molecule has 0 aliphatic rings.